The molecule has 8 heteroatoms. The molecule has 0 spiro atoms. The van der Waals surface area contributed by atoms with Crippen molar-refractivity contribution in [2.45, 2.75) is 32.3 Å². The predicted molar refractivity (Wildman–Crippen MR) is 109 cm³/mol. The van der Waals surface area contributed by atoms with E-state index in [4.69, 9.17) is 10.5 Å². The van der Waals surface area contributed by atoms with Crippen LogP contribution in [0.4, 0.5) is 9.18 Å². The molecule has 0 aromatic heterocycles. The van der Waals surface area contributed by atoms with E-state index in [0.717, 1.165) is 0 Å². The second-order valence-corrected chi connectivity index (χ2v) is 8.60. The molecule has 0 bridgehead atoms. The van der Waals surface area contributed by atoms with E-state index < -0.39 is 34.8 Å². The molecule has 2 N–H and O–H groups in total. The lowest BCUT2D eigenvalue weighted by Crippen LogP contribution is -2.49. The largest absolute Gasteiger partial charge is 0.444 e. The van der Waals surface area contributed by atoms with Crippen LogP contribution < -0.4 is 5.73 Å². The van der Waals surface area contributed by atoms with Gasteiger partial charge in [-0.05, 0) is 44.0 Å². The third kappa shape index (κ3) is 3.71. The molecule has 1 aromatic carbocycles. The number of benzene rings is 1. The zero-order valence-electron chi connectivity index (χ0n) is 17.5. The van der Waals surface area contributed by atoms with E-state index >= 15 is 0 Å². The summed E-state index contributed by atoms with van der Waals surface area (Å²) < 4.78 is 19.5. The van der Waals surface area contributed by atoms with Crippen LogP contribution in [0.3, 0.4) is 0 Å². The fraction of sp³-hybridized carbons (Fsp3) is 0.391. The SMILES string of the molecule is CC(C)(C)OC(=O)N1CC=C2[C@H](C1)[C@H](c1cccc(F)c1)C(C#N)=C(N)C2(C#N)C#N. The first-order valence-electron chi connectivity index (χ1n) is 9.74. The van der Waals surface area contributed by atoms with Gasteiger partial charge in [-0.2, -0.15) is 15.8 Å². The standard InChI is InChI=1S/C23H22FN5O2/c1-22(2,3)31-21(30)29-8-7-18-17(11-29)19(14-5-4-6-15(24)9-14)16(10-25)20(28)23(18,12-26)13-27/h4-7,9,17,19H,8,11,28H2,1-3H3/t17-,19+/m0/s1. The van der Waals surface area contributed by atoms with Crippen molar-refractivity contribution < 1.29 is 13.9 Å². The minimum absolute atomic E-state index is 0.0295. The Labute approximate surface area is 180 Å². The molecule has 158 valence electrons. The molecule has 2 atom stereocenters. The average Bonchev–Trinajstić information content (AvgIpc) is 2.71. The quantitative estimate of drug-likeness (QED) is 0.694. The van der Waals surface area contributed by atoms with E-state index in [1.54, 1.807) is 32.9 Å². The Hall–Kier alpha value is -3.83. The number of carbonyl (C=O) groups excluding carboxylic acids is 1. The molecule has 0 fully saturated rings. The lowest BCUT2D eigenvalue weighted by atomic mass is 9.60. The zero-order valence-corrected chi connectivity index (χ0v) is 17.5. The number of ether oxygens (including phenoxy) is 1. The van der Waals surface area contributed by atoms with Crippen LogP contribution in [-0.2, 0) is 4.74 Å². The van der Waals surface area contributed by atoms with Gasteiger partial charge in [-0.1, -0.05) is 18.2 Å². The fourth-order valence-electron chi connectivity index (χ4n) is 4.19. The number of amides is 1. The van der Waals surface area contributed by atoms with Crippen LogP contribution in [0.25, 0.3) is 0 Å². The topological polar surface area (TPSA) is 127 Å². The summed E-state index contributed by atoms with van der Waals surface area (Å²) in [5.74, 6) is -1.83. The number of hydrogen-bond donors (Lipinski definition) is 1. The monoisotopic (exact) mass is 419 g/mol. The van der Waals surface area contributed by atoms with Crippen LogP contribution in [0.1, 0.15) is 32.3 Å². The van der Waals surface area contributed by atoms with Crippen molar-refractivity contribution in [3.63, 3.8) is 0 Å². The zero-order chi connectivity index (χ0) is 23.0. The second-order valence-electron chi connectivity index (χ2n) is 8.60. The molecule has 0 saturated heterocycles. The molecular formula is C23H22FN5O2. The first-order valence-corrected chi connectivity index (χ1v) is 9.74. The van der Waals surface area contributed by atoms with Gasteiger partial charge in [-0.25, -0.2) is 9.18 Å². The Morgan fingerprint density at radius 1 is 1.29 bits per heavy atom. The van der Waals surface area contributed by atoms with Crippen LogP contribution in [0.15, 0.2) is 47.2 Å². The van der Waals surface area contributed by atoms with Crippen molar-refractivity contribution in [3.05, 3.63) is 58.6 Å². The van der Waals surface area contributed by atoms with Crippen molar-refractivity contribution >= 4 is 6.09 Å². The molecule has 0 radical (unpaired) electrons. The summed E-state index contributed by atoms with van der Waals surface area (Å²) in [6.45, 7) is 5.46. The smallest absolute Gasteiger partial charge is 0.410 e. The van der Waals surface area contributed by atoms with E-state index in [2.05, 4.69) is 0 Å². The van der Waals surface area contributed by atoms with Crippen LogP contribution in [0.2, 0.25) is 0 Å². The minimum atomic E-state index is -1.82. The first kappa shape index (κ1) is 21.9. The molecule has 1 amide bonds. The lowest BCUT2D eigenvalue weighted by molar-refractivity contribution is 0.0229. The predicted octanol–water partition coefficient (Wildman–Crippen LogP) is 3.49. The van der Waals surface area contributed by atoms with Gasteiger partial charge in [0.2, 0.25) is 5.41 Å². The summed E-state index contributed by atoms with van der Waals surface area (Å²) in [7, 11) is 0. The van der Waals surface area contributed by atoms with Gasteiger partial charge in [-0.15, -0.1) is 0 Å². The summed E-state index contributed by atoms with van der Waals surface area (Å²) in [4.78, 5) is 14.1. The molecule has 0 unspecified atom stereocenters. The number of halogens is 1. The van der Waals surface area contributed by atoms with E-state index in [-0.39, 0.29) is 24.4 Å². The maximum atomic E-state index is 14.0. The summed E-state index contributed by atoms with van der Waals surface area (Å²) in [6, 6.07) is 11.7. The van der Waals surface area contributed by atoms with E-state index in [9.17, 15) is 25.0 Å². The van der Waals surface area contributed by atoms with Crippen LogP contribution in [0.5, 0.6) is 0 Å². The summed E-state index contributed by atoms with van der Waals surface area (Å²) in [6.07, 6.45) is 1.07. The molecule has 1 heterocycles. The number of nitrogens with zero attached hydrogens (tertiary/aromatic N) is 4. The van der Waals surface area contributed by atoms with E-state index in [1.807, 2.05) is 18.2 Å². The molecule has 1 aliphatic heterocycles. The number of rotatable bonds is 1. The second kappa shape index (κ2) is 7.78. The third-order valence-electron chi connectivity index (χ3n) is 5.50. The molecule has 7 nitrogen and oxygen atoms in total. The van der Waals surface area contributed by atoms with Crippen molar-refractivity contribution in [2.24, 2.45) is 17.1 Å². The molecule has 2 aliphatic rings. The number of hydrogen-bond acceptors (Lipinski definition) is 6. The van der Waals surface area contributed by atoms with Gasteiger partial charge in [0.05, 0.1) is 29.5 Å². The molecule has 31 heavy (non-hydrogen) atoms. The Morgan fingerprint density at radius 2 is 1.97 bits per heavy atom. The Bertz CT molecular complexity index is 1100. The number of nitriles is 3. The Kier molecular flexibility index (Phi) is 5.49. The number of allylic oxidation sites excluding steroid dienone is 2. The first-order chi connectivity index (χ1) is 14.6. The van der Waals surface area contributed by atoms with Gasteiger partial charge < -0.3 is 15.4 Å². The highest BCUT2D eigenvalue weighted by molar-refractivity contribution is 5.70. The average molecular weight is 419 g/mol. The Balaban J connectivity index is 2.18. The van der Waals surface area contributed by atoms with E-state index in [0.29, 0.717) is 11.1 Å². The normalized spacial score (nSPS) is 22.4. The van der Waals surface area contributed by atoms with Crippen molar-refractivity contribution in [3.8, 4) is 18.2 Å². The van der Waals surface area contributed by atoms with Gasteiger partial charge in [0.15, 0.2) is 0 Å². The lowest BCUT2D eigenvalue weighted by Gasteiger charge is -2.45. The van der Waals surface area contributed by atoms with Crippen molar-refractivity contribution in [2.75, 3.05) is 13.1 Å². The summed E-state index contributed by atoms with van der Waals surface area (Å²) >= 11 is 0. The minimum Gasteiger partial charge on any atom is -0.444 e. The van der Waals surface area contributed by atoms with Gasteiger partial charge in [-0.3, -0.25) is 0 Å². The maximum Gasteiger partial charge on any atom is 0.410 e. The highest BCUT2D eigenvalue weighted by Crippen LogP contribution is 2.52. The van der Waals surface area contributed by atoms with E-state index in [1.165, 1.54) is 23.1 Å². The van der Waals surface area contributed by atoms with Crippen LogP contribution in [-0.4, -0.2) is 29.7 Å². The number of carbonyl (C=O) groups is 1. The maximum absolute atomic E-state index is 14.0. The highest BCUT2D eigenvalue weighted by Gasteiger charge is 2.53. The van der Waals surface area contributed by atoms with Crippen LogP contribution >= 0.6 is 0 Å². The fourth-order valence-corrected chi connectivity index (χ4v) is 4.19. The molecule has 3 rings (SSSR count). The van der Waals surface area contributed by atoms with Gasteiger partial charge >= 0.3 is 6.09 Å². The molecule has 1 aromatic rings. The highest BCUT2D eigenvalue weighted by atomic mass is 19.1. The molecule has 1 aliphatic carbocycles. The number of nitrogens with two attached hydrogens (primary N) is 1. The third-order valence-corrected chi connectivity index (χ3v) is 5.50. The van der Waals surface area contributed by atoms with Gasteiger partial charge in [0.1, 0.15) is 11.4 Å². The molecule has 0 saturated carbocycles. The van der Waals surface area contributed by atoms with Crippen molar-refractivity contribution in [1.82, 2.24) is 4.90 Å². The Morgan fingerprint density at radius 3 is 2.52 bits per heavy atom. The van der Waals surface area contributed by atoms with Gasteiger partial charge in [0, 0.05) is 24.9 Å². The molecular weight excluding hydrogens is 397 g/mol. The van der Waals surface area contributed by atoms with Crippen molar-refractivity contribution in [1.29, 1.82) is 15.8 Å². The summed E-state index contributed by atoms with van der Waals surface area (Å²) in [5, 5.41) is 29.7. The van der Waals surface area contributed by atoms with Crippen LogP contribution in [0, 0.1) is 51.1 Å². The van der Waals surface area contributed by atoms with Gasteiger partial charge in [0.25, 0.3) is 0 Å². The number of fused-ring (bicyclic) bond motifs is 1. The summed E-state index contributed by atoms with van der Waals surface area (Å²) in [5.41, 5.74) is 4.46.